The maximum Gasteiger partial charge on any atom is 0.255 e. The van der Waals surface area contributed by atoms with Gasteiger partial charge >= 0.3 is 0 Å². The van der Waals surface area contributed by atoms with Crippen molar-refractivity contribution in [2.75, 3.05) is 25.6 Å². The molecule has 0 spiro atoms. The molecule has 2 aromatic carbocycles. The number of hydrogen-bond donors (Lipinski definition) is 1. The van der Waals surface area contributed by atoms with Gasteiger partial charge in [-0.3, -0.25) is 4.79 Å². The van der Waals surface area contributed by atoms with Crippen molar-refractivity contribution in [3.63, 3.8) is 0 Å². The van der Waals surface area contributed by atoms with Crippen LogP contribution in [0.3, 0.4) is 0 Å². The van der Waals surface area contributed by atoms with Crippen LogP contribution < -0.4 is 19.5 Å². The highest BCUT2D eigenvalue weighted by molar-refractivity contribution is 6.32. The van der Waals surface area contributed by atoms with Crippen molar-refractivity contribution in [2.24, 2.45) is 0 Å². The molecule has 1 N–H and O–H groups in total. The fourth-order valence-electron chi connectivity index (χ4n) is 2.83. The summed E-state index contributed by atoms with van der Waals surface area (Å²) in [5.74, 6) is 1.27. The van der Waals surface area contributed by atoms with Gasteiger partial charge in [-0.1, -0.05) is 38.4 Å². The summed E-state index contributed by atoms with van der Waals surface area (Å²) in [5, 5.41) is 3.28. The van der Waals surface area contributed by atoms with E-state index >= 15 is 0 Å². The second kappa shape index (κ2) is 7.69. The lowest BCUT2D eigenvalue weighted by atomic mass is 9.87. The normalized spacial score (nSPS) is 13.7. The Bertz CT molecular complexity index is 858. The molecule has 1 aliphatic rings. The second-order valence-corrected chi connectivity index (χ2v) is 7.86. The number of benzene rings is 2. The number of methoxy groups -OCH3 is 1. The van der Waals surface area contributed by atoms with Gasteiger partial charge in [0.1, 0.15) is 5.75 Å². The molecule has 27 heavy (non-hydrogen) atoms. The van der Waals surface area contributed by atoms with E-state index in [1.807, 2.05) is 18.2 Å². The Kier molecular flexibility index (Phi) is 5.51. The highest BCUT2D eigenvalue weighted by atomic mass is 35.5. The minimum absolute atomic E-state index is 0.0513. The van der Waals surface area contributed by atoms with Gasteiger partial charge in [-0.2, -0.15) is 0 Å². The first-order valence-corrected chi connectivity index (χ1v) is 9.26. The van der Waals surface area contributed by atoms with E-state index in [1.54, 1.807) is 19.2 Å². The number of amides is 1. The molecular formula is C21H24ClNO4. The van der Waals surface area contributed by atoms with Crippen LogP contribution in [0.25, 0.3) is 0 Å². The van der Waals surface area contributed by atoms with E-state index in [1.165, 1.54) is 0 Å². The third kappa shape index (κ3) is 4.30. The number of fused-ring (bicyclic) bond motifs is 1. The number of anilines is 1. The van der Waals surface area contributed by atoms with Crippen molar-refractivity contribution >= 4 is 23.2 Å². The van der Waals surface area contributed by atoms with Gasteiger partial charge in [0, 0.05) is 12.0 Å². The van der Waals surface area contributed by atoms with Gasteiger partial charge in [0.15, 0.2) is 11.5 Å². The first kappa shape index (κ1) is 19.4. The molecule has 0 aliphatic carbocycles. The van der Waals surface area contributed by atoms with E-state index in [-0.39, 0.29) is 11.3 Å². The molecule has 0 fully saturated rings. The lowest BCUT2D eigenvalue weighted by Crippen LogP contribution is -2.15. The topological polar surface area (TPSA) is 56.8 Å². The molecule has 1 heterocycles. The molecular weight excluding hydrogens is 366 g/mol. The van der Waals surface area contributed by atoms with Crippen LogP contribution in [0.15, 0.2) is 30.3 Å². The van der Waals surface area contributed by atoms with E-state index < -0.39 is 0 Å². The third-order valence-corrected chi connectivity index (χ3v) is 4.66. The van der Waals surface area contributed by atoms with Crippen LogP contribution in [0.1, 0.15) is 43.1 Å². The molecule has 144 valence electrons. The fraction of sp³-hybridized carbons (Fsp3) is 0.381. The van der Waals surface area contributed by atoms with Crippen LogP contribution in [-0.2, 0) is 5.41 Å². The van der Waals surface area contributed by atoms with Crippen LogP contribution in [-0.4, -0.2) is 26.2 Å². The molecule has 0 saturated heterocycles. The Labute approximate surface area is 164 Å². The summed E-state index contributed by atoms with van der Waals surface area (Å²) in [7, 11) is 1.58. The Morgan fingerprint density at radius 1 is 1.15 bits per heavy atom. The molecule has 2 aromatic rings. The van der Waals surface area contributed by atoms with Crippen LogP contribution in [0.2, 0.25) is 5.02 Å². The van der Waals surface area contributed by atoms with E-state index in [0.29, 0.717) is 46.7 Å². The highest BCUT2D eigenvalue weighted by Crippen LogP contribution is 2.38. The SMILES string of the molecule is COc1ccc(C(C)(C)C)cc1NC(=O)c1cc(Cl)c2c(c1)OCCCO2. The molecule has 1 amide bonds. The van der Waals surface area contributed by atoms with E-state index in [0.717, 1.165) is 12.0 Å². The largest absolute Gasteiger partial charge is 0.495 e. The number of carbonyl (C=O) groups is 1. The number of ether oxygens (including phenoxy) is 3. The highest BCUT2D eigenvalue weighted by Gasteiger charge is 2.21. The maximum absolute atomic E-state index is 12.8. The summed E-state index contributed by atoms with van der Waals surface area (Å²) >= 11 is 6.30. The predicted octanol–water partition coefficient (Wildman–Crippen LogP) is 5.06. The van der Waals surface area contributed by atoms with E-state index in [9.17, 15) is 4.79 Å². The smallest absolute Gasteiger partial charge is 0.255 e. The van der Waals surface area contributed by atoms with Gasteiger partial charge in [-0.15, -0.1) is 0 Å². The van der Waals surface area contributed by atoms with E-state index in [2.05, 4.69) is 26.1 Å². The minimum atomic E-state index is -0.295. The monoisotopic (exact) mass is 389 g/mol. The summed E-state index contributed by atoms with van der Waals surface area (Å²) in [6, 6.07) is 9.03. The molecule has 3 rings (SSSR count). The first-order valence-electron chi connectivity index (χ1n) is 8.88. The number of hydrogen-bond acceptors (Lipinski definition) is 4. The Balaban J connectivity index is 1.92. The van der Waals surface area contributed by atoms with Crippen molar-refractivity contribution < 1.29 is 19.0 Å². The van der Waals surface area contributed by atoms with Gasteiger partial charge < -0.3 is 19.5 Å². The molecule has 0 unspecified atom stereocenters. The van der Waals surface area contributed by atoms with Crippen LogP contribution >= 0.6 is 11.6 Å². The lowest BCUT2D eigenvalue weighted by molar-refractivity contribution is 0.102. The summed E-state index contributed by atoms with van der Waals surface area (Å²) in [4.78, 5) is 12.8. The zero-order valence-corrected chi connectivity index (χ0v) is 16.8. The number of halogens is 1. The lowest BCUT2D eigenvalue weighted by Gasteiger charge is -2.21. The average molecular weight is 390 g/mol. The van der Waals surface area contributed by atoms with Crippen molar-refractivity contribution in [1.82, 2.24) is 0 Å². The summed E-state index contributed by atoms with van der Waals surface area (Å²) in [6.45, 7) is 7.41. The van der Waals surface area contributed by atoms with Gasteiger partial charge in [0.2, 0.25) is 0 Å². The number of nitrogens with one attached hydrogen (secondary N) is 1. The molecule has 0 radical (unpaired) electrons. The van der Waals surface area contributed by atoms with Gasteiger partial charge in [0.25, 0.3) is 5.91 Å². The maximum atomic E-state index is 12.8. The zero-order chi connectivity index (χ0) is 19.6. The quantitative estimate of drug-likeness (QED) is 0.797. The van der Waals surface area contributed by atoms with Crippen molar-refractivity contribution in [3.8, 4) is 17.2 Å². The fourth-order valence-corrected chi connectivity index (χ4v) is 3.09. The van der Waals surface area contributed by atoms with Crippen molar-refractivity contribution in [3.05, 3.63) is 46.5 Å². The molecule has 0 saturated carbocycles. The standard InChI is InChI=1S/C21H24ClNO4/c1-21(2,3)14-6-7-17(25-4)16(12-14)23-20(24)13-10-15(22)19-18(11-13)26-8-5-9-27-19/h6-7,10-12H,5,8-9H2,1-4H3,(H,23,24). The average Bonchev–Trinajstić information content (AvgIpc) is 2.86. The predicted molar refractivity (Wildman–Crippen MR) is 107 cm³/mol. The van der Waals surface area contributed by atoms with Crippen LogP contribution in [0.4, 0.5) is 5.69 Å². The molecule has 5 nitrogen and oxygen atoms in total. The van der Waals surface area contributed by atoms with E-state index in [4.69, 9.17) is 25.8 Å². The molecule has 0 atom stereocenters. The van der Waals surface area contributed by atoms with Gasteiger partial charge in [-0.25, -0.2) is 0 Å². The Morgan fingerprint density at radius 2 is 1.89 bits per heavy atom. The molecule has 0 bridgehead atoms. The van der Waals surface area contributed by atoms with Crippen LogP contribution in [0.5, 0.6) is 17.2 Å². The van der Waals surface area contributed by atoms with Crippen LogP contribution in [0, 0.1) is 0 Å². The molecule has 0 aromatic heterocycles. The Morgan fingerprint density at radius 3 is 2.59 bits per heavy atom. The van der Waals surface area contributed by atoms with Gasteiger partial charge in [0.05, 0.1) is 31.0 Å². The summed E-state index contributed by atoms with van der Waals surface area (Å²) in [5.41, 5.74) is 2.05. The third-order valence-electron chi connectivity index (χ3n) is 4.38. The Hall–Kier alpha value is -2.40. The number of carbonyl (C=O) groups excluding carboxylic acids is 1. The minimum Gasteiger partial charge on any atom is -0.495 e. The zero-order valence-electron chi connectivity index (χ0n) is 16.0. The summed E-state index contributed by atoms with van der Waals surface area (Å²) < 4.78 is 16.7. The van der Waals surface area contributed by atoms with Gasteiger partial charge in [-0.05, 0) is 35.2 Å². The summed E-state index contributed by atoms with van der Waals surface area (Å²) in [6.07, 6.45) is 0.767. The van der Waals surface area contributed by atoms with Crippen molar-refractivity contribution in [1.29, 1.82) is 0 Å². The van der Waals surface area contributed by atoms with Crippen molar-refractivity contribution in [2.45, 2.75) is 32.6 Å². The first-order chi connectivity index (χ1) is 12.8. The molecule has 6 heteroatoms. The number of rotatable bonds is 3. The second-order valence-electron chi connectivity index (χ2n) is 7.45. The molecule has 1 aliphatic heterocycles.